The highest BCUT2D eigenvalue weighted by molar-refractivity contribution is 7.10. The average molecular weight is 341 g/mol. The van der Waals surface area contributed by atoms with Crippen LogP contribution < -0.4 is 4.74 Å². The Balaban J connectivity index is 1.62. The van der Waals surface area contributed by atoms with E-state index in [0.717, 1.165) is 28.2 Å². The van der Waals surface area contributed by atoms with E-state index in [-0.39, 0.29) is 12.2 Å². The fraction of sp³-hybridized carbons (Fsp3) is 0.176. The van der Waals surface area contributed by atoms with Crippen molar-refractivity contribution in [2.45, 2.75) is 12.8 Å². The molecule has 7 heteroatoms. The number of hydrogen-bond donors (Lipinski definition) is 1. The molecule has 0 bridgehead atoms. The summed E-state index contributed by atoms with van der Waals surface area (Å²) in [5, 5.41) is 8.07. The molecule has 0 atom stereocenters. The van der Waals surface area contributed by atoms with Crippen LogP contribution in [0.3, 0.4) is 0 Å². The summed E-state index contributed by atoms with van der Waals surface area (Å²) in [5.74, 6) is -0.440. The van der Waals surface area contributed by atoms with Gasteiger partial charge in [0.2, 0.25) is 11.6 Å². The van der Waals surface area contributed by atoms with Crippen molar-refractivity contribution < 1.29 is 14.3 Å². The van der Waals surface area contributed by atoms with Crippen LogP contribution in [0.5, 0.6) is 5.75 Å². The van der Waals surface area contributed by atoms with E-state index in [1.54, 1.807) is 7.11 Å². The Hall–Kier alpha value is -2.80. The van der Waals surface area contributed by atoms with E-state index >= 15 is 0 Å². The second-order valence-corrected chi connectivity index (χ2v) is 6.19. The van der Waals surface area contributed by atoms with Gasteiger partial charge in [0.1, 0.15) is 12.1 Å². The zero-order valence-electron chi connectivity index (χ0n) is 13.0. The first kappa shape index (κ1) is 16.1. The highest BCUT2D eigenvalue weighted by Crippen LogP contribution is 2.20. The van der Waals surface area contributed by atoms with E-state index in [1.807, 2.05) is 35.7 Å². The van der Waals surface area contributed by atoms with Crippen molar-refractivity contribution in [2.24, 2.45) is 0 Å². The molecule has 0 spiro atoms. The second kappa shape index (κ2) is 7.18. The molecule has 0 saturated carbocycles. The largest absolute Gasteiger partial charge is 0.497 e. The van der Waals surface area contributed by atoms with Crippen LogP contribution in [0.2, 0.25) is 0 Å². The summed E-state index contributed by atoms with van der Waals surface area (Å²) in [6.45, 7) is 0. The van der Waals surface area contributed by atoms with Gasteiger partial charge in [0.25, 0.3) is 5.78 Å². The molecule has 0 fully saturated rings. The minimum atomic E-state index is -0.665. The van der Waals surface area contributed by atoms with Gasteiger partial charge in [-0.05, 0) is 41.1 Å². The van der Waals surface area contributed by atoms with Crippen molar-refractivity contribution in [3.8, 4) is 5.75 Å². The Bertz CT molecular complexity index is 838. The van der Waals surface area contributed by atoms with Crippen LogP contribution in [0, 0.1) is 0 Å². The summed E-state index contributed by atoms with van der Waals surface area (Å²) < 4.78 is 5.14. The monoisotopic (exact) mass is 341 g/mol. The van der Waals surface area contributed by atoms with Crippen molar-refractivity contribution in [3.05, 3.63) is 63.9 Å². The first-order chi connectivity index (χ1) is 11.7. The molecule has 0 aliphatic rings. The Morgan fingerprint density at radius 2 is 2.00 bits per heavy atom. The number of ketones is 2. The molecule has 2 aromatic heterocycles. The number of nitrogens with zero attached hydrogens (tertiary/aromatic N) is 2. The average Bonchev–Trinajstić information content (AvgIpc) is 3.27. The SMILES string of the molecule is COc1ccc(Cc2csc(CC(=O)C(=O)c3nc[nH]n3)c2)cc1. The van der Waals surface area contributed by atoms with Gasteiger partial charge in [0, 0.05) is 11.3 Å². The number of hydrogen-bond acceptors (Lipinski definition) is 6. The topological polar surface area (TPSA) is 84.9 Å². The fourth-order valence-electron chi connectivity index (χ4n) is 2.27. The Kier molecular flexibility index (Phi) is 4.81. The van der Waals surface area contributed by atoms with E-state index in [9.17, 15) is 9.59 Å². The number of methoxy groups -OCH3 is 1. The molecule has 3 rings (SSSR count). The smallest absolute Gasteiger partial charge is 0.267 e. The lowest BCUT2D eigenvalue weighted by Crippen LogP contribution is -2.17. The van der Waals surface area contributed by atoms with E-state index in [1.165, 1.54) is 17.7 Å². The lowest BCUT2D eigenvalue weighted by Gasteiger charge is -2.02. The third-order valence-corrected chi connectivity index (χ3v) is 4.47. The molecule has 0 aliphatic heterocycles. The maximum Gasteiger partial charge on any atom is 0.267 e. The lowest BCUT2D eigenvalue weighted by atomic mass is 10.1. The van der Waals surface area contributed by atoms with Crippen molar-refractivity contribution in [3.63, 3.8) is 0 Å². The molecular formula is C17H15N3O3S. The fourth-order valence-corrected chi connectivity index (χ4v) is 3.16. The molecule has 1 aromatic carbocycles. The Labute approximate surface area is 142 Å². The number of ether oxygens (including phenoxy) is 1. The quantitative estimate of drug-likeness (QED) is 0.527. The molecule has 24 heavy (non-hydrogen) atoms. The van der Waals surface area contributed by atoms with Gasteiger partial charge in [0.15, 0.2) is 0 Å². The Morgan fingerprint density at radius 3 is 2.67 bits per heavy atom. The maximum absolute atomic E-state index is 12.0. The van der Waals surface area contributed by atoms with Gasteiger partial charge in [-0.15, -0.1) is 16.4 Å². The summed E-state index contributed by atoms with van der Waals surface area (Å²) >= 11 is 1.47. The lowest BCUT2D eigenvalue weighted by molar-refractivity contribution is -0.114. The first-order valence-corrected chi connectivity index (χ1v) is 8.16. The molecular weight excluding hydrogens is 326 g/mol. The van der Waals surface area contributed by atoms with E-state index < -0.39 is 11.6 Å². The van der Waals surface area contributed by atoms with E-state index in [4.69, 9.17) is 4.74 Å². The van der Waals surface area contributed by atoms with E-state index in [2.05, 4.69) is 15.2 Å². The van der Waals surface area contributed by atoms with Crippen molar-refractivity contribution in [2.75, 3.05) is 7.11 Å². The van der Waals surface area contributed by atoms with Crippen LogP contribution >= 0.6 is 11.3 Å². The Morgan fingerprint density at radius 1 is 1.21 bits per heavy atom. The van der Waals surface area contributed by atoms with Crippen LogP contribution in [-0.2, 0) is 17.6 Å². The van der Waals surface area contributed by atoms with Crippen LogP contribution in [0.25, 0.3) is 0 Å². The summed E-state index contributed by atoms with van der Waals surface area (Å²) in [5.41, 5.74) is 2.27. The third-order valence-electron chi connectivity index (χ3n) is 3.48. The number of aromatic nitrogens is 3. The van der Waals surface area contributed by atoms with Gasteiger partial charge < -0.3 is 4.74 Å². The number of H-pyrrole nitrogens is 1. The van der Waals surface area contributed by atoms with Crippen LogP contribution in [0.4, 0.5) is 0 Å². The van der Waals surface area contributed by atoms with Gasteiger partial charge in [-0.3, -0.25) is 14.7 Å². The zero-order valence-corrected chi connectivity index (χ0v) is 13.8. The zero-order chi connectivity index (χ0) is 16.9. The maximum atomic E-state index is 12.0. The summed E-state index contributed by atoms with van der Waals surface area (Å²) in [7, 11) is 1.64. The van der Waals surface area contributed by atoms with Crippen molar-refractivity contribution in [1.29, 1.82) is 0 Å². The number of nitrogens with one attached hydrogen (secondary N) is 1. The van der Waals surface area contributed by atoms with Crippen molar-refractivity contribution in [1.82, 2.24) is 15.2 Å². The highest BCUT2D eigenvalue weighted by Gasteiger charge is 2.20. The molecule has 3 aromatic rings. The van der Waals surface area contributed by atoms with Crippen molar-refractivity contribution >= 4 is 22.9 Å². The molecule has 122 valence electrons. The second-order valence-electron chi connectivity index (χ2n) is 5.20. The molecule has 0 amide bonds. The number of thiophene rings is 1. The van der Waals surface area contributed by atoms with Gasteiger partial charge >= 0.3 is 0 Å². The number of carbonyl (C=O) groups is 2. The molecule has 1 N–H and O–H groups in total. The number of carbonyl (C=O) groups excluding carboxylic acids is 2. The molecule has 0 unspecified atom stereocenters. The predicted octanol–water partition coefficient (Wildman–Crippen LogP) is 2.46. The summed E-state index contributed by atoms with van der Waals surface area (Å²) in [6, 6.07) is 9.81. The summed E-state index contributed by atoms with van der Waals surface area (Å²) in [4.78, 5) is 28.4. The molecule has 6 nitrogen and oxygen atoms in total. The van der Waals surface area contributed by atoms with Crippen LogP contribution in [-0.4, -0.2) is 33.9 Å². The molecule has 2 heterocycles. The number of aromatic amines is 1. The minimum absolute atomic E-state index is 0.0701. The molecule has 0 radical (unpaired) electrons. The first-order valence-electron chi connectivity index (χ1n) is 7.28. The number of Topliss-reactive ketones (excluding diaryl/α,β-unsaturated/α-hetero) is 2. The predicted molar refractivity (Wildman–Crippen MR) is 89.5 cm³/mol. The van der Waals surface area contributed by atoms with Gasteiger partial charge in [-0.2, -0.15) is 0 Å². The van der Waals surface area contributed by atoms with Gasteiger partial charge in [-0.25, -0.2) is 4.98 Å². The standard InChI is InChI=1S/C17H15N3O3S/c1-23-13-4-2-11(3-5-13)6-12-7-14(24-9-12)8-15(21)16(22)17-18-10-19-20-17/h2-5,7,9-10H,6,8H2,1H3,(H,18,19,20). The highest BCUT2D eigenvalue weighted by atomic mass is 32.1. The number of benzene rings is 1. The molecule has 0 aliphatic carbocycles. The summed E-state index contributed by atoms with van der Waals surface area (Å²) in [6.07, 6.45) is 2.11. The van der Waals surface area contributed by atoms with Gasteiger partial charge in [-0.1, -0.05) is 12.1 Å². The minimum Gasteiger partial charge on any atom is -0.497 e. The number of rotatable bonds is 7. The normalized spacial score (nSPS) is 10.5. The molecule has 0 saturated heterocycles. The van der Waals surface area contributed by atoms with Crippen LogP contribution in [0.1, 0.15) is 26.6 Å². The third kappa shape index (κ3) is 3.75. The van der Waals surface area contributed by atoms with E-state index in [0.29, 0.717) is 0 Å². The van der Waals surface area contributed by atoms with Gasteiger partial charge in [0.05, 0.1) is 7.11 Å². The van der Waals surface area contributed by atoms with Crippen LogP contribution in [0.15, 0.2) is 42.0 Å².